The summed E-state index contributed by atoms with van der Waals surface area (Å²) < 4.78 is 24.2. The summed E-state index contributed by atoms with van der Waals surface area (Å²) in [6, 6.07) is 5.87. The van der Waals surface area contributed by atoms with E-state index in [1.54, 1.807) is 0 Å². The van der Waals surface area contributed by atoms with Crippen molar-refractivity contribution in [3.63, 3.8) is 0 Å². The monoisotopic (exact) mass is 859 g/mol. The molecule has 1 rings (SSSR count). The molecule has 0 aliphatic carbocycles. The van der Waals surface area contributed by atoms with E-state index in [4.69, 9.17) is 18.9 Å². The van der Waals surface area contributed by atoms with Crippen molar-refractivity contribution in [1.82, 2.24) is 10.2 Å². The number of carbonyl (C=O) groups is 4. The van der Waals surface area contributed by atoms with Crippen LogP contribution in [0, 0.1) is 11.8 Å². The van der Waals surface area contributed by atoms with E-state index in [1.165, 1.54) is 44.9 Å². The maximum atomic E-state index is 12.8. The third-order valence-corrected chi connectivity index (χ3v) is 11.1. The Hall–Kier alpha value is -3.14. The molecule has 0 aliphatic rings. The maximum absolute atomic E-state index is 12.8. The van der Waals surface area contributed by atoms with Gasteiger partial charge >= 0.3 is 11.9 Å². The number of hydrogen-bond acceptors (Lipinski definition) is 9. The van der Waals surface area contributed by atoms with Gasteiger partial charge in [-0.1, -0.05) is 130 Å². The molecular formula is C51H90N2O8. The first-order valence-electron chi connectivity index (χ1n) is 24.7. The number of unbranched alkanes of at least 4 members (excludes halogenated alkanes) is 16. The Morgan fingerprint density at radius 1 is 0.508 bits per heavy atom. The van der Waals surface area contributed by atoms with Gasteiger partial charge in [0.05, 0.1) is 19.1 Å². The highest BCUT2D eigenvalue weighted by Gasteiger charge is 2.18. The molecule has 1 amide bonds. The number of Topliss-reactive ketones (excluding diaryl/α,β-unsaturated/α-hetero) is 1. The zero-order chi connectivity index (χ0) is 44.8. The molecule has 1 aromatic rings. The lowest BCUT2D eigenvalue weighted by Gasteiger charge is -2.21. The first-order chi connectivity index (χ1) is 29.6. The van der Waals surface area contributed by atoms with E-state index in [0.29, 0.717) is 69.1 Å². The predicted octanol–water partition coefficient (Wildman–Crippen LogP) is 12.1. The van der Waals surface area contributed by atoms with Gasteiger partial charge in [0.1, 0.15) is 30.5 Å². The number of carbonyl (C=O) groups excluding carboxylic acids is 4. The molecule has 0 fully saturated rings. The van der Waals surface area contributed by atoms with Crippen LogP contribution in [0.1, 0.15) is 207 Å². The Bertz CT molecular complexity index is 1240. The van der Waals surface area contributed by atoms with Crippen LogP contribution in [-0.2, 0) is 35.2 Å². The SMILES string of the molecule is CCCCCCCC(=O)CCCC(CNC(=O)CCCCCCC)COc1cc(CN(C)C)cc(OCC(COC(=O)CCCCCCC)COC(=O)CCCCCCC)c1. The van der Waals surface area contributed by atoms with Crippen molar-refractivity contribution in [2.24, 2.45) is 11.8 Å². The molecule has 1 aromatic carbocycles. The summed E-state index contributed by atoms with van der Waals surface area (Å²) in [5, 5.41) is 3.15. The fraction of sp³-hybridized carbons (Fsp3) is 0.804. The van der Waals surface area contributed by atoms with Gasteiger partial charge in [-0.2, -0.15) is 0 Å². The largest absolute Gasteiger partial charge is 0.493 e. The Balaban J connectivity index is 3.02. The van der Waals surface area contributed by atoms with Gasteiger partial charge in [0.2, 0.25) is 5.91 Å². The highest BCUT2D eigenvalue weighted by Crippen LogP contribution is 2.26. The summed E-state index contributed by atoms with van der Waals surface area (Å²) in [5.74, 6) is 0.876. The van der Waals surface area contributed by atoms with Gasteiger partial charge in [0.15, 0.2) is 0 Å². The van der Waals surface area contributed by atoms with E-state index < -0.39 is 0 Å². The third-order valence-electron chi connectivity index (χ3n) is 11.1. The molecule has 61 heavy (non-hydrogen) atoms. The molecule has 0 aromatic heterocycles. The number of ether oxygens (including phenoxy) is 4. The normalized spacial score (nSPS) is 11.8. The van der Waals surface area contributed by atoms with E-state index in [0.717, 1.165) is 102 Å². The molecular weight excluding hydrogens is 769 g/mol. The molecule has 1 N–H and O–H groups in total. The van der Waals surface area contributed by atoms with Crippen molar-refractivity contribution in [1.29, 1.82) is 0 Å². The first-order valence-corrected chi connectivity index (χ1v) is 24.7. The van der Waals surface area contributed by atoms with Crippen LogP contribution < -0.4 is 14.8 Å². The Morgan fingerprint density at radius 3 is 1.41 bits per heavy atom. The van der Waals surface area contributed by atoms with E-state index in [-0.39, 0.29) is 49.5 Å². The predicted molar refractivity (Wildman–Crippen MR) is 249 cm³/mol. The molecule has 0 spiro atoms. The van der Waals surface area contributed by atoms with Crippen molar-refractivity contribution < 1.29 is 38.1 Å². The second kappa shape index (κ2) is 38.5. The molecule has 0 bridgehead atoms. The molecule has 0 saturated heterocycles. The molecule has 352 valence electrons. The Kier molecular flexibility index (Phi) is 35.3. The van der Waals surface area contributed by atoms with E-state index >= 15 is 0 Å². The highest BCUT2D eigenvalue weighted by atomic mass is 16.6. The van der Waals surface area contributed by atoms with Crippen LogP contribution in [0.2, 0.25) is 0 Å². The minimum atomic E-state index is -0.339. The molecule has 0 saturated carbocycles. The number of ketones is 1. The van der Waals surface area contributed by atoms with Crippen LogP contribution in [0.4, 0.5) is 0 Å². The summed E-state index contributed by atoms with van der Waals surface area (Å²) in [5.41, 5.74) is 1.01. The number of esters is 2. The smallest absolute Gasteiger partial charge is 0.305 e. The number of nitrogens with zero attached hydrogens (tertiary/aromatic N) is 1. The van der Waals surface area contributed by atoms with Crippen molar-refractivity contribution in [3.05, 3.63) is 23.8 Å². The van der Waals surface area contributed by atoms with Crippen molar-refractivity contribution in [2.45, 2.75) is 208 Å². The minimum absolute atomic E-state index is 0.0373. The van der Waals surface area contributed by atoms with Gasteiger partial charge in [-0.25, -0.2) is 0 Å². The van der Waals surface area contributed by atoms with Crippen LogP contribution in [0.5, 0.6) is 11.5 Å². The van der Waals surface area contributed by atoms with Crippen LogP contribution in [-0.4, -0.2) is 75.6 Å². The molecule has 0 heterocycles. The Morgan fingerprint density at radius 2 is 0.934 bits per heavy atom. The molecule has 0 aliphatic heterocycles. The molecule has 10 heteroatoms. The fourth-order valence-electron chi connectivity index (χ4n) is 7.26. The zero-order valence-electron chi connectivity index (χ0n) is 39.9. The van der Waals surface area contributed by atoms with Gasteiger partial charge in [-0.15, -0.1) is 0 Å². The summed E-state index contributed by atoms with van der Waals surface area (Å²) in [6.07, 6.45) is 25.7. The highest BCUT2D eigenvalue weighted by molar-refractivity contribution is 5.78. The lowest BCUT2D eigenvalue weighted by atomic mass is 9.99. The van der Waals surface area contributed by atoms with Crippen molar-refractivity contribution in [2.75, 3.05) is 47.1 Å². The van der Waals surface area contributed by atoms with Gasteiger partial charge in [0.25, 0.3) is 0 Å². The average molecular weight is 859 g/mol. The Labute approximate surface area is 372 Å². The second-order valence-corrected chi connectivity index (χ2v) is 17.7. The number of amides is 1. The average Bonchev–Trinajstić information content (AvgIpc) is 3.23. The van der Waals surface area contributed by atoms with Gasteiger partial charge in [-0.3, -0.25) is 19.2 Å². The molecule has 1 unspecified atom stereocenters. The van der Waals surface area contributed by atoms with Crippen molar-refractivity contribution in [3.8, 4) is 11.5 Å². The second-order valence-electron chi connectivity index (χ2n) is 17.7. The van der Waals surface area contributed by atoms with Crippen LogP contribution >= 0.6 is 0 Å². The number of rotatable bonds is 42. The van der Waals surface area contributed by atoms with E-state index in [2.05, 4.69) is 37.9 Å². The van der Waals surface area contributed by atoms with Gasteiger partial charge in [-0.05, 0) is 70.3 Å². The summed E-state index contributed by atoms with van der Waals surface area (Å²) in [4.78, 5) is 52.9. The molecule has 0 radical (unpaired) electrons. The quantitative estimate of drug-likeness (QED) is 0.0506. The standard InChI is InChI=1S/C51H90N2O8/c1-7-11-15-19-23-29-46(54)30-27-28-43(37-52-49(55)31-24-20-16-12-8-2)39-58-47-34-44(38-53(5)6)35-48(36-47)59-40-45(41-60-50(56)32-25-21-17-13-9-3)42-61-51(57)33-26-22-18-14-10-4/h34-36,43,45H,7-33,37-42H2,1-6H3,(H,52,55). The number of nitrogens with one attached hydrogen (secondary N) is 1. The topological polar surface area (TPSA) is 120 Å². The van der Waals surface area contributed by atoms with Gasteiger partial charge < -0.3 is 29.2 Å². The zero-order valence-corrected chi connectivity index (χ0v) is 39.9. The lowest BCUT2D eigenvalue weighted by Crippen LogP contribution is -2.32. The summed E-state index contributed by atoms with van der Waals surface area (Å²) in [6.45, 7) is 10.7. The van der Waals surface area contributed by atoms with Crippen LogP contribution in [0.3, 0.4) is 0 Å². The number of hydrogen-bond donors (Lipinski definition) is 1. The lowest BCUT2D eigenvalue weighted by molar-refractivity contribution is -0.149. The minimum Gasteiger partial charge on any atom is -0.493 e. The third kappa shape index (κ3) is 33.1. The van der Waals surface area contributed by atoms with Crippen molar-refractivity contribution >= 4 is 23.6 Å². The molecule has 10 nitrogen and oxygen atoms in total. The van der Waals surface area contributed by atoms with E-state index in [9.17, 15) is 19.2 Å². The summed E-state index contributed by atoms with van der Waals surface area (Å²) in [7, 11) is 4.02. The van der Waals surface area contributed by atoms with Crippen LogP contribution in [0.25, 0.3) is 0 Å². The number of benzene rings is 1. The molecule has 1 atom stereocenters. The maximum Gasteiger partial charge on any atom is 0.305 e. The van der Waals surface area contributed by atoms with E-state index in [1.807, 2.05) is 32.3 Å². The first kappa shape index (κ1) is 55.9. The van der Waals surface area contributed by atoms with Crippen LogP contribution in [0.15, 0.2) is 18.2 Å². The fourth-order valence-corrected chi connectivity index (χ4v) is 7.26. The summed E-state index contributed by atoms with van der Waals surface area (Å²) >= 11 is 0. The van der Waals surface area contributed by atoms with Gasteiger partial charge in [0, 0.05) is 57.2 Å².